The van der Waals surface area contributed by atoms with E-state index in [9.17, 15) is 9.59 Å². The third kappa shape index (κ3) is 4.02. The molecule has 4 bridgehead atoms. The molecule has 0 aliphatic carbocycles. The Balaban J connectivity index is 1.63. The van der Waals surface area contributed by atoms with Crippen molar-refractivity contribution in [3.63, 3.8) is 0 Å². The second-order valence-electron chi connectivity index (χ2n) is 9.95. The van der Waals surface area contributed by atoms with E-state index in [1.807, 2.05) is 54.9 Å². The summed E-state index contributed by atoms with van der Waals surface area (Å²) in [6.45, 7) is 2.69. The summed E-state index contributed by atoms with van der Waals surface area (Å²) in [6, 6.07) is 13.8. The molecule has 2 amide bonds. The lowest BCUT2D eigenvalue weighted by Crippen LogP contribution is -2.30. The zero-order valence-electron chi connectivity index (χ0n) is 21.3. The van der Waals surface area contributed by atoms with E-state index in [4.69, 9.17) is 9.47 Å². The molecule has 2 aromatic heterocycles. The fourth-order valence-electron chi connectivity index (χ4n) is 5.62. The molecular formula is C29H30N4O4. The number of carbonyl (C=O) groups is 2. The van der Waals surface area contributed by atoms with Gasteiger partial charge in [-0.2, -0.15) is 0 Å². The number of aryl methyl sites for hydroxylation is 1. The van der Waals surface area contributed by atoms with Crippen LogP contribution in [0.1, 0.15) is 17.5 Å². The van der Waals surface area contributed by atoms with Crippen LogP contribution in [0.4, 0.5) is 0 Å². The summed E-state index contributed by atoms with van der Waals surface area (Å²) in [5.74, 6) is 0.000878. The Morgan fingerprint density at radius 2 is 1.62 bits per heavy atom. The van der Waals surface area contributed by atoms with Crippen LogP contribution in [-0.4, -0.2) is 66.3 Å². The highest BCUT2D eigenvalue weighted by Gasteiger charge is 2.35. The third-order valence-corrected chi connectivity index (χ3v) is 7.29. The highest BCUT2D eigenvalue weighted by Crippen LogP contribution is 2.39. The number of amides is 2. The molecule has 2 aliphatic rings. The predicted molar refractivity (Wildman–Crippen MR) is 143 cm³/mol. The van der Waals surface area contributed by atoms with Gasteiger partial charge in [0.15, 0.2) is 0 Å². The summed E-state index contributed by atoms with van der Waals surface area (Å²) in [5, 5.41) is 4.40. The molecule has 190 valence electrons. The van der Waals surface area contributed by atoms with Crippen LogP contribution >= 0.6 is 0 Å². The number of carbonyl (C=O) groups excluding carboxylic acids is 2. The largest absolute Gasteiger partial charge is 0.497 e. The smallest absolute Gasteiger partial charge is 0.259 e. The second-order valence-corrected chi connectivity index (χ2v) is 9.95. The maximum Gasteiger partial charge on any atom is 0.259 e. The van der Waals surface area contributed by atoms with Crippen molar-refractivity contribution in [1.29, 1.82) is 0 Å². The molecule has 2 aliphatic heterocycles. The topological polar surface area (TPSA) is 77.7 Å². The van der Waals surface area contributed by atoms with Gasteiger partial charge in [0.05, 0.1) is 36.5 Å². The number of ether oxygens (including phenoxy) is 2. The van der Waals surface area contributed by atoms with Crippen LogP contribution in [0.3, 0.4) is 0 Å². The highest BCUT2D eigenvalue weighted by atomic mass is 16.5. The number of benzene rings is 2. The summed E-state index contributed by atoms with van der Waals surface area (Å²) in [4.78, 5) is 28.7. The fraction of sp³-hybridized carbons (Fsp3) is 0.310. The maximum absolute atomic E-state index is 13.3. The first-order chi connectivity index (χ1) is 17.9. The average molecular weight is 499 g/mol. The van der Waals surface area contributed by atoms with Crippen molar-refractivity contribution >= 4 is 44.8 Å². The van der Waals surface area contributed by atoms with E-state index < -0.39 is 0 Å². The van der Waals surface area contributed by atoms with Crippen molar-refractivity contribution in [2.45, 2.75) is 25.6 Å². The average Bonchev–Trinajstić information content (AvgIpc) is 3.51. The molecule has 4 heterocycles. The quantitative estimate of drug-likeness (QED) is 0.438. The normalized spacial score (nSPS) is 18.4. The Morgan fingerprint density at radius 3 is 2.32 bits per heavy atom. The first-order valence-electron chi connectivity index (χ1n) is 12.6. The van der Waals surface area contributed by atoms with Gasteiger partial charge in [0.25, 0.3) is 11.8 Å². The van der Waals surface area contributed by atoms with Crippen LogP contribution in [0.15, 0.2) is 54.9 Å². The van der Waals surface area contributed by atoms with E-state index in [2.05, 4.69) is 33.4 Å². The van der Waals surface area contributed by atoms with Crippen LogP contribution < -0.4 is 10.1 Å². The molecule has 6 rings (SSSR count). The minimum Gasteiger partial charge on any atom is -0.497 e. The molecule has 1 unspecified atom stereocenters. The molecule has 0 saturated carbocycles. The molecule has 1 atom stereocenters. The lowest BCUT2D eigenvalue weighted by Gasteiger charge is -2.22. The predicted octanol–water partition coefficient (Wildman–Crippen LogP) is 3.52. The zero-order chi connectivity index (χ0) is 25.7. The summed E-state index contributed by atoms with van der Waals surface area (Å²) < 4.78 is 16.2. The number of methoxy groups -OCH3 is 1. The molecule has 2 aromatic carbocycles. The molecule has 8 heteroatoms. The summed E-state index contributed by atoms with van der Waals surface area (Å²) in [6.07, 6.45) is 4.82. The standard InChI is InChI=1S/C29H30N4O4/c1-31(2)15-19-10-11-32-16-23(21-9-8-18(36-3)14-25(21)32)27-26(28(34)30-29(27)35)22-17-33(12-13-37-19)24-7-5-4-6-20(22)24/h4-9,14,16-17,19H,10-13,15H2,1-3H3,(H,30,34,35). The summed E-state index contributed by atoms with van der Waals surface area (Å²) in [5.41, 5.74) is 4.29. The van der Waals surface area contributed by atoms with Crippen LogP contribution in [0.25, 0.3) is 33.0 Å². The Morgan fingerprint density at radius 1 is 0.946 bits per heavy atom. The van der Waals surface area contributed by atoms with Gasteiger partial charge in [0.1, 0.15) is 5.75 Å². The van der Waals surface area contributed by atoms with Crippen molar-refractivity contribution < 1.29 is 19.1 Å². The SMILES string of the molecule is COc1ccc2c3cn(c2c1)CCC(CN(C)C)OCCn1cc(c2ccccc21)C1=C3C(=O)NC1=O. The minimum absolute atomic E-state index is 0.0388. The number of nitrogens with zero attached hydrogens (tertiary/aromatic N) is 3. The van der Waals surface area contributed by atoms with Gasteiger partial charge in [-0.3, -0.25) is 14.9 Å². The van der Waals surface area contributed by atoms with E-state index in [0.29, 0.717) is 30.8 Å². The number of hydrogen-bond donors (Lipinski definition) is 1. The number of aromatic nitrogens is 2. The molecular weight excluding hydrogens is 468 g/mol. The highest BCUT2D eigenvalue weighted by molar-refractivity contribution is 6.50. The van der Waals surface area contributed by atoms with Gasteiger partial charge in [0.2, 0.25) is 0 Å². The molecule has 0 fully saturated rings. The fourth-order valence-corrected chi connectivity index (χ4v) is 5.62. The number of rotatable bonds is 3. The van der Waals surface area contributed by atoms with E-state index in [1.165, 1.54) is 0 Å². The number of para-hydroxylation sites is 1. The number of likely N-dealkylation sites (N-methyl/N-ethyl adjacent to an activating group) is 1. The molecule has 37 heavy (non-hydrogen) atoms. The minimum atomic E-state index is -0.369. The van der Waals surface area contributed by atoms with Gasteiger partial charge in [0, 0.05) is 65.5 Å². The Kier molecular flexibility index (Phi) is 5.85. The monoisotopic (exact) mass is 498 g/mol. The van der Waals surface area contributed by atoms with Gasteiger partial charge in [-0.1, -0.05) is 18.2 Å². The molecule has 8 nitrogen and oxygen atoms in total. The van der Waals surface area contributed by atoms with Crippen LogP contribution in [0.5, 0.6) is 5.75 Å². The van der Waals surface area contributed by atoms with Crippen LogP contribution in [-0.2, 0) is 27.4 Å². The maximum atomic E-state index is 13.3. The van der Waals surface area contributed by atoms with Gasteiger partial charge in [-0.25, -0.2) is 0 Å². The van der Waals surface area contributed by atoms with Crippen molar-refractivity contribution in [2.24, 2.45) is 0 Å². The molecule has 0 saturated heterocycles. The van der Waals surface area contributed by atoms with Crippen molar-refractivity contribution in [3.05, 3.63) is 66.0 Å². The number of hydrogen-bond acceptors (Lipinski definition) is 5. The number of fused-ring (bicyclic) bond motifs is 12. The van der Waals surface area contributed by atoms with Crippen molar-refractivity contribution in [1.82, 2.24) is 19.4 Å². The van der Waals surface area contributed by atoms with Crippen molar-refractivity contribution in [3.8, 4) is 5.75 Å². The van der Waals surface area contributed by atoms with E-state index in [0.717, 1.165) is 51.6 Å². The van der Waals surface area contributed by atoms with Gasteiger partial charge < -0.3 is 23.5 Å². The first-order valence-corrected chi connectivity index (χ1v) is 12.6. The first kappa shape index (κ1) is 23.5. The van der Waals surface area contributed by atoms with E-state index in [1.54, 1.807) is 7.11 Å². The van der Waals surface area contributed by atoms with E-state index >= 15 is 0 Å². The summed E-state index contributed by atoms with van der Waals surface area (Å²) in [7, 11) is 5.75. The Hall–Kier alpha value is -3.88. The molecule has 4 aromatic rings. The lowest BCUT2D eigenvalue weighted by molar-refractivity contribution is -0.122. The van der Waals surface area contributed by atoms with E-state index in [-0.39, 0.29) is 17.9 Å². The van der Waals surface area contributed by atoms with Gasteiger partial charge in [-0.05, 0) is 38.7 Å². The van der Waals surface area contributed by atoms with Crippen LogP contribution in [0.2, 0.25) is 0 Å². The molecule has 0 spiro atoms. The Bertz CT molecular complexity index is 1580. The Labute approximate surface area is 215 Å². The zero-order valence-corrected chi connectivity index (χ0v) is 21.3. The van der Waals surface area contributed by atoms with Crippen molar-refractivity contribution in [2.75, 3.05) is 34.4 Å². The molecule has 1 N–H and O–H groups in total. The van der Waals surface area contributed by atoms with Crippen LogP contribution in [0, 0.1) is 0 Å². The second kappa shape index (κ2) is 9.21. The number of imide groups is 1. The molecule has 0 radical (unpaired) electrons. The van der Waals surface area contributed by atoms with Gasteiger partial charge in [-0.15, -0.1) is 0 Å². The third-order valence-electron chi connectivity index (χ3n) is 7.29. The lowest BCUT2D eigenvalue weighted by atomic mass is 9.95. The number of nitrogens with one attached hydrogen (secondary N) is 1. The summed E-state index contributed by atoms with van der Waals surface area (Å²) >= 11 is 0. The van der Waals surface area contributed by atoms with Gasteiger partial charge >= 0.3 is 0 Å².